The molecule has 0 amide bonds. The van der Waals surface area contributed by atoms with Crippen LogP contribution in [0.4, 0.5) is 5.69 Å². The minimum absolute atomic E-state index is 0.195. The maximum Gasteiger partial charge on any atom is 0.166 e. The first kappa shape index (κ1) is 9.27. The van der Waals surface area contributed by atoms with E-state index < -0.39 is 0 Å². The molecule has 1 aliphatic heterocycles. The van der Waals surface area contributed by atoms with Gasteiger partial charge < -0.3 is 4.90 Å². The lowest BCUT2D eigenvalue weighted by atomic mass is 10.00. The van der Waals surface area contributed by atoms with Crippen molar-refractivity contribution in [3.8, 4) is 0 Å². The third-order valence-corrected chi connectivity index (χ3v) is 2.97. The highest BCUT2D eigenvalue weighted by molar-refractivity contribution is 6.06. The number of anilines is 1. The summed E-state index contributed by atoms with van der Waals surface area (Å²) in [6, 6.07) is 3.78. The lowest BCUT2D eigenvalue weighted by Gasteiger charge is -2.26. The summed E-state index contributed by atoms with van der Waals surface area (Å²) in [5.74, 6) is 0.195. The first-order valence-corrected chi connectivity index (χ1v) is 5.25. The molecule has 0 unspecified atom stereocenters. The molecule has 2 heterocycles. The first-order chi connectivity index (χ1) is 7.75. The van der Waals surface area contributed by atoms with Crippen LogP contribution in [-0.4, -0.2) is 29.3 Å². The summed E-state index contributed by atoms with van der Waals surface area (Å²) in [6.45, 7) is 0.775. The van der Waals surface area contributed by atoms with Gasteiger partial charge in [0.2, 0.25) is 0 Å². The van der Waals surface area contributed by atoms with Crippen LogP contribution in [0.1, 0.15) is 16.8 Å². The zero-order valence-corrected chi connectivity index (χ0v) is 8.97. The summed E-state index contributed by atoms with van der Waals surface area (Å²) in [6.07, 6.45) is 3.89. The van der Waals surface area contributed by atoms with Gasteiger partial charge in [0.25, 0.3) is 0 Å². The van der Waals surface area contributed by atoms with Crippen molar-refractivity contribution in [2.45, 2.75) is 6.42 Å². The molecule has 1 aromatic heterocycles. The molecular weight excluding hydrogens is 202 g/mol. The van der Waals surface area contributed by atoms with Crippen molar-refractivity contribution < 1.29 is 4.79 Å². The van der Waals surface area contributed by atoms with E-state index in [0.717, 1.165) is 28.8 Å². The van der Waals surface area contributed by atoms with Gasteiger partial charge in [-0.3, -0.25) is 14.8 Å². The standard InChI is InChI=1S/C12H11N3O/c1-15-5-2-12(16)8-6-9-10(7-11(8)15)14-4-3-13-9/h3-4,6-7H,2,5H2,1H3. The van der Waals surface area contributed by atoms with Gasteiger partial charge in [-0.25, -0.2) is 0 Å². The van der Waals surface area contributed by atoms with Crippen LogP contribution in [0.15, 0.2) is 24.5 Å². The Hall–Kier alpha value is -1.97. The third kappa shape index (κ3) is 1.26. The zero-order chi connectivity index (χ0) is 11.1. The lowest BCUT2D eigenvalue weighted by molar-refractivity contribution is 0.0980. The number of hydrogen-bond donors (Lipinski definition) is 0. The average Bonchev–Trinajstić information content (AvgIpc) is 2.32. The van der Waals surface area contributed by atoms with E-state index in [4.69, 9.17) is 0 Å². The molecule has 0 atom stereocenters. The van der Waals surface area contributed by atoms with Crippen LogP contribution in [-0.2, 0) is 0 Å². The molecule has 0 N–H and O–H groups in total. The summed E-state index contributed by atoms with van der Waals surface area (Å²) in [7, 11) is 1.99. The number of ketones is 1. The molecule has 0 aliphatic carbocycles. The highest BCUT2D eigenvalue weighted by atomic mass is 16.1. The molecule has 0 radical (unpaired) electrons. The fourth-order valence-electron chi connectivity index (χ4n) is 2.06. The number of hydrogen-bond acceptors (Lipinski definition) is 4. The minimum atomic E-state index is 0.195. The molecule has 1 aliphatic rings. The number of carbonyl (C=O) groups excluding carboxylic acids is 1. The van der Waals surface area contributed by atoms with Gasteiger partial charge in [0.1, 0.15) is 0 Å². The smallest absolute Gasteiger partial charge is 0.166 e. The third-order valence-electron chi connectivity index (χ3n) is 2.97. The maximum absolute atomic E-state index is 11.8. The number of carbonyl (C=O) groups is 1. The summed E-state index contributed by atoms with van der Waals surface area (Å²) in [5.41, 5.74) is 3.35. The quantitative estimate of drug-likeness (QED) is 0.667. The van der Waals surface area contributed by atoms with Crippen LogP contribution in [0, 0.1) is 0 Å². The molecule has 16 heavy (non-hydrogen) atoms. The summed E-state index contributed by atoms with van der Waals surface area (Å²) < 4.78 is 0. The van der Waals surface area contributed by atoms with E-state index in [-0.39, 0.29) is 5.78 Å². The van der Waals surface area contributed by atoms with Gasteiger partial charge in [-0.05, 0) is 12.1 Å². The van der Waals surface area contributed by atoms with Crippen molar-refractivity contribution in [1.29, 1.82) is 0 Å². The molecule has 0 saturated heterocycles. The normalized spacial score (nSPS) is 15.3. The second kappa shape index (κ2) is 3.27. The highest BCUT2D eigenvalue weighted by Crippen LogP contribution is 2.28. The Balaban J connectivity index is 2.32. The summed E-state index contributed by atoms with van der Waals surface area (Å²) in [4.78, 5) is 22.4. The van der Waals surface area contributed by atoms with Crippen LogP contribution in [0.25, 0.3) is 11.0 Å². The molecule has 4 heteroatoms. The summed E-state index contributed by atoms with van der Waals surface area (Å²) in [5, 5.41) is 0. The maximum atomic E-state index is 11.8. The van der Waals surface area contributed by atoms with Gasteiger partial charge in [-0.2, -0.15) is 0 Å². The molecular formula is C12H11N3O. The van der Waals surface area contributed by atoms with Gasteiger partial charge in [-0.1, -0.05) is 0 Å². The molecule has 3 rings (SSSR count). The fraction of sp³-hybridized carbons (Fsp3) is 0.250. The van der Waals surface area contributed by atoms with Gasteiger partial charge in [0.15, 0.2) is 5.78 Å². The number of aromatic nitrogens is 2. The number of benzene rings is 1. The number of nitrogens with zero attached hydrogens (tertiary/aromatic N) is 3. The SMILES string of the molecule is CN1CCC(=O)c2cc3nccnc3cc21. The Morgan fingerprint density at radius 2 is 1.88 bits per heavy atom. The molecule has 1 aromatic carbocycles. The highest BCUT2D eigenvalue weighted by Gasteiger charge is 2.21. The van der Waals surface area contributed by atoms with Crippen molar-refractivity contribution in [2.24, 2.45) is 0 Å². The first-order valence-electron chi connectivity index (χ1n) is 5.25. The van der Waals surface area contributed by atoms with Crippen LogP contribution in [0.5, 0.6) is 0 Å². The second-order valence-electron chi connectivity index (χ2n) is 4.01. The summed E-state index contributed by atoms with van der Waals surface area (Å²) >= 11 is 0. The Bertz CT molecular complexity index is 579. The van der Waals surface area contributed by atoms with Gasteiger partial charge in [0.05, 0.1) is 11.0 Å². The van der Waals surface area contributed by atoms with Crippen molar-refractivity contribution >= 4 is 22.5 Å². The largest absolute Gasteiger partial charge is 0.373 e. The molecule has 4 nitrogen and oxygen atoms in total. The van der Waals surface area contributed by atoms with E-state index in [1.165, 1.54) is 0 Å². The van der Waals surface area contributed by atoms with E-state index >= 15 is 0 Å². The molecule has 0 saturated carbocycles. The van der Waals surface area contributed by atoms with Gasteiger partial charge in [0, 0.05) is 43.7 Å². The monoisotopic (exact) mass is 213 g/mol. The molecule has 0 bridgehead atoms. The van der Waals surface area contributed by atoms with E-state index in [9.17, 15) is 4.79 Å². The topological polar surface area (TPSA) is 46.1 Å². The second-order valence-corrected chi connectivity index (χ2v) is 4.01. The van der Waals surface area contributed by atoms with Gasteiger partial charge >= 0.3 is 0 Å². The van der Waals surface area contributed by atoms with E-state index in [0.29, 0.717) is 6.42 Å². The predicted octanol–water partition coefficient (Wildman–Crippen LogP) is 1.65. The minimum Gasteiger partial charge on any atom is -0.373 e. The van der Waals surface area contributed by atoms with Crippen molar-refractivity contribution in [1.82, 2.24) is 9.97 Å². The lowest BCUT2D eigenvalue weighted by Crippen LogP contribution is -2.28. The Morgan fingerprint density at radius 1 is 1.19 bits per heavy atom. The van der Waals surface area contributed by atoms with Crippen LogP contribution >= 0.6 is 0 Å². The molecule has 0 fully saturated rings. The van der Waals surface area contributed by atoms with E-state index in [1.807, 2.05) is 19.2 Å². The van der Waals surface area contributed by atoms with Crippen LogP contribution in [0.3, 0.4) is 0 Å². The molecule has 2 aromatic rings. The van der Waals surface area contributed by atoms with E-state index in [1.54, 1.807) is 12.4 Å². The van der Waals surface area contributed by atoms with E-state index in [2.05, 4.69) is 14.9 Å². The molecule has 0 spiro atoms. The van der Waals surface area contributed by atoms with Crippen molar-refractivity contribution in [3.05, 3.63) is 30.1 Å². The molecule has 80 valence electrons. The van der Waals surface area contributed by atoms with Gasteiger partial charge in [-0.15, -0.1) is 0 Å². The van der Waals surface area contributed by atoms with Crippen LogP contribution in [0.2, 0.25) is 0 Å². The van der Waals surface area contributed by atoms with Crippen molar-refractivity contribution in [2.75, 3.05) is 18.5 Å². The van der Waals surface area contributed by atoms with Crippen LogP contribution < -0.4 is 4.90 Å². The Morgan fingerprint density at radius 3 is 2.62 bits per heavy atom. The van der Waals surface area contributed by atoms with Crippen molar-refractivity contribution in [3.63, 3.8) is 0 Å². The zero-order valence-electron chi connectivity index (χ0n) is 8.97. The number of fused-ring (bicyclic) bond motifs is 2. The fourth-order valence-corrected chi connectivity index (χ4v) is 2.06. The average molecular weight is 213 g/mol. The Labute approximate surface area is 92.9 Å². The predicted molar refractivity (Wildman–Crippen MR) is 61.8 cm³/mol. The Kier molecular flexibility index (Phi) is 1.89. The number of Topliss-reactive ketones (excluding diaryl/α,β-unsaturated/α-hetero) is 1. The number of rotatable bonds is 0.